The third-order valence-corrected chi connectivity index (χ3v) is 20.0. The van der Waals surface area contributed by atoms with E-state index in [1.54, 1.807) is 115 Å². The Bertz CT molecular complexity index is 5610. The monoisotopic (exact) mass is 1540 g/mol. The molecule has 28 heteroatoms. The van der Waals surface area contributed by atoms with Crippen LogP contribution >= 0.6 is 0 Å². The van der Waals surface area contributed by atoms with E-state index >= 15 is 4.39 Å². The van der Waals surface area contributed by atoms with Crippen LogP contribution in [0.2, 0.25) is 0 Å². The number of Topliss-reactive ketones (excluding diaryl/α,β-unsaturated/α-hetero) is 2. The molecule has 3 aromatic carbocycles. The lowest BCUT2D eigenvalue weighted by Gasteiger charge is -2.21. The molecule has 3 aliphatic heterocycles. The zero-order valence-electron chi connectivity index (χ0n) is 63.1. The van der Waals surface area contributed by atoms with Crippen molar-refractivity contribution in [2.75, 3.05) is 25.0 Å². The van der Waals surface area contributed by atoms with Gasteiger partial charge in [-0.05, 0) is 132 Å². The number of rotatable bonds is 19. The van der Waals surface area contributed by atoms with Gasteiger partial charge in [0.2, 0.25) is 0 Å². The minimum atomic E-state index is -3.01. The highest BCUT2D eigenvalue weighted by molar-refractivity contribution is 6.04. The molecule has 22 nitrogen and oxygen atoms in total. The highest BCUT2D eigenvalue weighted by Gasteiger charge is 2.36. The van der Waals surface area contributed by atoms with E-state index in [1.807, 2.05) is 28.8 Å². The number of benzene rings is 3. The van der Waals surface area contributed by atoms with Crippen LogP contribution in [0.1, 0.15) is 185 Å². The number of nitrogens with zero attached hydrogens (tertiary/aromatic N) is 15. The molecule has 0 aliphatic carbocycles. The smallest absolute Gasteiger partial charge is 0.299 e. The van der Waals surface area contributed by atoms with Gasteiger partial charge in [-0.15, -0.1) is 0 Å². The van der Waals surface area contributed by atoms with E-state index in [0.29, 0.717) is 80.6 Å². The fourth-order valence-electron chi connectivity index (χ4n) is 14.6. The number of carbonyl (C=O) groups is 4. The second-order valence-electron chi connectivity index (χ2n) is 27.7. The average molecular weight is 1550 g/mol. The maximum atomic E-state index is 15.5. The van der Waals surface area contributed by atoms with Gasteiger partial charge in [-0.1, -0.05) is 66.3 Å². The molecule has 0 radical (unpaired) electrons. The number of amides is 2. The molecule has 3 fully saturated rings. The van der Waals surface area contributed by atoms with Crippen molar-refractivity contribution in [1.29, 1.82) is 0 Å². The van der Waals surface area contributed by atoms with Gasteiger partial charge in [0.25, 0.3) is 23.7 Å². The number of hydrogen-bond donors (Lipinski definition) is 3. The molecule has 3 aliphatic rings. The summed E-state index contributed by atoms with van der Waals surface area (Å²) < 4.78 is 89.8. The van der Waals surface area contributed by atoms with Crippen molar-refractivity contribution < 1.29 is 55.7 Å². The summed E-state index contributed by atoms with van der Waals surface area (Å²) in [5, 5.41) is 22.7. The fourth-order valence-corrected chi connectivity index (χ4v) is 14.6. The quantitative estimate of drug-likeness (QED) is 0.0386. The number of likely N-dealkylation sites (tertiary alicyclic amines) is 3. The lowest BCUT2D eigenvalue weighted by Crippen LogP contribution is -2.30. The van der Waals surface area contributed by atoms with Crippen molar-refractivity contribution in [2.24, 2.45) is 0 Å². The van der Waals surface area contributed by atoms with Crippen LogP contribution in [0.25, 0.3) is 50.3 Å². The predicted molar refractivity (Wildman–Crippen MR) is 414 cm³/mol. The molecule has 15 rings (SSSR count). The number of imidazole rings is 3. The number of anilines is 1. The summed E-state index contributed by atoms with van der Waals surface area (Å²) in [6.07, 6.45) is 19.3. The number of aromatic nitrogens is 12. The highest BCUT2D eigenvalue weighted by atomic mass is 19.3. The first kappa shape index (κ1) is 79.1. The second-order valence-corrected chi connectivity index (χ2v) is 27.7. The van der Waals surface area contributed by atoms with E-state index in [4.69, 9.17) is 15.0 Å². The van der Waals surface area contributed by atoms with Crippen molar-refractivity contribution in [3.63, 3.8) is 0 Å². The Labute approximate surface area is 652 Å². The van der Waals surface area contributed by atoms with Crippen molar-refractivity contribution in [3.8, 4) is 69.5 Å². The van der Waals surface area contributed by atoms with Crippen LogP contribution in [0, 0.1) is 48.5 Å². The number of carbonyl (C=O) groups excluding carboxylic acids is 4. The van der Waals surface area contributed by atoms with Crippen molar-refractivity contribution >= 4 is 45.7 Å². The van der Waals surface area contributed by atoms with Gasteiger partial charge in [0.05, 0.1) is 89.2 Å². The first-order valence-electron chi connectivity index (χ1n) is 36.9. The molecule has 114 heavy (non-hydrogen) atoms. The number of halogens is 6. The van der Waals surface area contributed by atoms with Gasteiger partial charge in [-0.2, -0.15) is 0 Å². The van der Waals surface area contributed by atoms with Crippen LogP contribution in [0.5, 0.6) is 0 Å². The molecule has 3 saturated heterocycles. The number of aliphatic hydroxyl groups is 2. The fraction of sp³-hybridized carbons (Fsp3) is 0.291. The van der Waals surface area contributed by atoms with Crippen LogP contribution in [-0.2, 0) is 49.4 Å². The van der Waals surface area contributed by atoms with Gasteiger partial charge in [-0.25, -0.2) is 46.3 Å². The van der Waals surface area contributed by atoms with E-state index in [9.17, 15) is 51.3 Å². The molecule has 12 heterocycles. The minimum absolute atomic E-state index is 0.0113. The molecule has 3 N–H and O–H groups in total. The molecule has 2 amide bonds. The standard InChI is InChI=1S/C29H26F3N5O.C29H27F2N5O2.C28H25FN6O3/c1-3-13-36-14-4-5-24(36)28-35-26(27-23(18-30)34-12-15-37(27)28)20-8-6-19(7-9-20)25(38)17-22-16-21(10-11-33-22)29(2,31)32;1-3-13-35-14-4-5-24(35)28-34-26(27-23(18-37)33-12-15-36(27)28)20-8-6-19(7-9-20)25(38)17-22-16-21(10-11-32-22)29(2,30)31;1-3-5-24(37)34-12-4-6-22(34)27-33-25(26-21(16-36)30-11-13-35(26)27)19-8-7-18(15-20(19)29)28(38)32-23-14-17(2)9-10-31-23/h6-12,15-16,24H,4-5,14,17-18H2,1-2H3;6-12,15-16,24,37H,4-5,14,17-18H2,1-2H3;7-11,13-15,22,36H,4,6,12,16H2,1-2H3,(H,31,32,38)/t2*24-;22-/m000/s1. The number of aryl methyl sites for hydroxylation is 1. The molecule has 0 unspecified atom stereocenters. The highest BCUT2D eigenvalue weighted by Crippen LogP contribution is 2.41. The average Bonchev–Trinajstić information content (AvgIpc) is 1.60. The number of ketones is 2. The number of fused-ring (bicyclic) bond motifs is 3. The Balaban J connectivity index is 0.000000149. The SMILES string of the molecule is CC#CC(=O)N1CCC[C@H]1c1nc(-c2ccc(C(=O)Nc3cc(C)ccn3)cc2F)c2c(CO)nccn12.CC#CN1CCC[C@H]1c1nc(-c2ccc(C(=O)Cc3cc(C(C)(F)F)ccn3)cc2)c2c(CF)nccn12.CC#CN1CCC[C@H]1c1nc(-c2ccc(C(=O)Cc3cc(C(C)(F)F)ccn3)cc2)c2c(CO)nccn12. The molecule has 9 aromatic heterocycles. The minimum Gasteiger partial charge on any atom is -0.390 e. The van der Waals surface area contributed by atoms with Gasteiger partial charge >= 0.3 is 0 Å². The van der Waals surface area contributed by atoms with Crippen molar-refractivity contribution in [3.05, 3.63) is 244 Å². The summed E-state index contributed by atoms with van der Waals surface area (Å²) in [6.45, 7) is 9.57. The topological polar surface area (TPSA) is 260 Å². The molecule has 580 valence electrons. The zero-order chi connectivity index (χ0) is 80.5. The molecule has 3 atom stereocenters. The Hall–Kier alpha value is -13.0. The lowest BCUT2D eigenvalue weighted by molar-refractivity contribution is -0.126. The van der Waals surface area contributed by atoms with Crippen LogP contribution in [-0.4, -0.2) is 126 Å². The maximum Gasteiger partial charge on any atom is 0.299 e. The molecular weight excluding hydrogens is 1470 g/mol. The van der Waals surface area contributed by atoms with E-state index < -0.39 is 30.2 Å². The van der Waals surface area contributed by atoms with Gasteiger partial charge in [0.15, 0.2) is 11.6 Å². The van der Waals surface area contributed by atoms with E-state index in [1.165, 1.54) is 55.0 Å². The largest absolute Gasteiger partial charge is 0.390 e. The molecule has 12 aromatic rings. The summed E-state index contributed by atoms with van der Waals surface area (Å²) in [6, 6.07) is 32.4. The summed E-state index contributed by atoms with van der Waals surface area (Å²) in [4.78, 5) is 96.8. The van der Waals surface area contributed by atoms with E-state index in [2.05, 4.69) is 80.8 Å². The summed E-state index contributed by atoms with van der Waals surface area (Å²) in [5.41, 5.74) is 8.07. The summed E-state index contributed by atoms with van der Waals surface area (Å²) >= 11 is 0. The van der Waals surface area contributed by atoms with Crippen LogP contribution < -0.4 is 5.32 Å². The normalized spacial score (nSPS) is 15.3. The van der Waals surface area contributed by atoms with Crippen LogP contribution in [0.3, 0.4) is 0 Å². The molecule has 0 bridgehead atoms. The first-order valence-corrected chi connectivity index (χ1v) is 36.9. The van der Waals surface area contributed by atoms with E-state index in [-0.39, 0.29) is 107 Å². The number of nitrogens with one attached hydrogen (secondary N) is 1. The second kappa shape index (κ2) is 34.3. The number of aliphatic hydroxyl groups excluding tert-OH is 2. The van der Waals surface area contributed by atoms with E-state index in [0.717, 1.165) is 87.9 Å². The lowest BCUT2D eigenvalue weighted by atomic mass is 10.0. The Morgan fingerprint density at radius 3 is 1.43 bits per heavy atom. The predicted octanol–water partition coefficient (Wildman–Crippen LogP) is 14.5. The third-order valence-electron chi connectivity index (χ3n) is 20.0. The van der Waals surface area contributed by atoms with Gasteiger partial charge in [0, 0.05) is 157 Å². The number of alkyl halides is 5. The molecule has 0 spiro atoms. The summed E-state index contributed by atoms with van der Waals surface area (Å²) in [7, 11) is 0. The van der Waals surface area contributed by atoms with Crippen LogP contribution in [0.4, 0.5) is 32.2 Å². The maximum absolute atomic E-state index is 15.5. The Morgan fingerprint density at radius 1 is 0.518 bits per heavy atom. The molecular formula is C86H78F6N16O6. The Morgan fingerprint density at radius 2 is 0.965 bits per heavy atom. The first-order chi connectivity index (χ1) is 55.0. The van der Waals surface area contributed by atoms with Gasteiger partial charge in [0.1, 0.15) is 41.5 Å². The Kier molecular flexibility index (Phi) is 23.8. The third kappa shape index (κ3) is 16.9. The zero-order valence-corrected chi connectivity index (χ0v) is 63.1. The van der Waals surface area contributed by atoms with Crippen molar-refractivity contribution in [1.82, 2.24) is 72.8 Å². The van der Waals surface area contributed by atoms with Crippen LogP contribution in [0.15, 0.2) is 159 Å². The summed E-state index contributed by atoms with van der Waals surface area (Å²) in [5.74, 6) is 5.70. The van der Waals surface area contributed by atoms with Gasteiger partial charge in [-0.3, -0.25) is 57.3 Å². The number of pyridine rings is 3. The van der Waals surface area contributed by atoms with Crippen molar-refractivity contribution in [2.45, 2.75) is 143 Å². The van der Waals surface area contributed by atoms with Gasteiger partial charge < -0.3 is 30.2 Å². The number of hydrogen-bond acceptors (Lipinski definition) is 17. The molecule has 0 saturated carbocycles.